The van der Waals surface area contributed by atoms with Crippen molar-refractivity contribution in [1.82, 2.24) is 0 Å². The molecule has 1 heteroatoms. The van der Waals surface area contributed by atoms with E-state index in [2.05, 4.69) is 33.8 Å². The Morgan fingerprint density at radius 3 is 2.67 bits per heavy atom. The van der Waals surface area contributed by atoms with E-state index in [-0.39, 0.29) is 0 Å². The van der Waals surface area contributed by atoms with Crippen LogP contribution < -0.4 is 0 Å². The van der Waals surface area contributed by atoms with Gasteiger partial charge in [0.25, 0.3) is 0 Å². The first-order chi connectivity index (χ1) is 12.8. The van der Waals surface area contributed by atoms with E-state index in [1.54, 1.807) is 0 Å². The Morgan fingerprint density at radius 1 is 1.07 bits per heavy atom. The fraction of sp³-hybridized carbons (Fsp3) is 0.885. The standard InChI is InChI=1S/C26H42O/c1-18(2)7-5-6-8-19-10-12-23-22-11-9-20-17-21(27)13-15-26(20,4)24(22)14-16-25(19,23)3/h9,18-19,22-24H,5-8,10-17H2,1-4H3. The number of allylic oxidation sites excluding steroid dienone is 2. The maximum absolute atomic E-state index is 12.0. The Kier molecular flexibility index (Phi) is 5.36. The summed E-state index contributed by atoms with van der Waals surface area (Å²) in [5.41, 5.74) is 2.46. The van der Waals surface area contributed by atoms with Gasteiger partial charge in [-0.3, -0.25) is 4.79 Å². The molecule has 0 bridgehead atoms. The van der Waals surface area contributed by atoms with Gasteiger partial charge in [0.2, 0.25) is 0 Å². The molecule has 0 amide bonds. The highest BCUT2D eigenvalue weighted by molar-refractivity contribution is 5.82. The molecule has 4 rings (SSSR count). The van der Waals surface area contributed by atoms with Crippen molar-refractivity contribution >= 4 is 5.78 Å². The molecule has 0 radical (unpaired) electrons. The summed E-state index contributed by atoms with van der Waals surface area (Å²) < 4.78 is 0. The lowest BCUT2D eigenvalue weighted by Gasteiger charge is -2.57. The molecule has 27 heavy (non-hydrogen) atoms. The van der Waals surface area contributed by atoms with Crippen molar-refractivity contribution < 1.29 is 4.79 Å². The molecule has 4 aliphatic carbocycles. The van der Waals surface area contributed by atoms with Gasteiger partial charge in [-0.2, -0.15) is 0 Å². The molecule has 3 saturated carbocycles. The Hall–Kier alpha value is -0.590. The molecule has 6 atom stereocenters. The molecule has 0 aliphatic heterocycles. The number of hydrogen-bond acceptors (Lipinski definition) is 1. The molecular formula is C26H42O. The smallest absolute Gasteiger partial charge is 0.136 e. The van der Waals surface area contributed by atoms with Crippen molar-refractivity contribution in [3.8, 4) is 0 Å². The van der Waals surface area contributed by atoms with Crippen LogP contribution in [0.5, 0.6) is 0 Å². The Bertz CT molecular complexity index is 601. The number of Topliss-reactive ketones (excluding diaryl/α,β-unsaturated/α-hetero) is 1. The summed E-state index contributed by atoms with van der Waals surface area (Å²) >= 11 is 0. The lowest BCUT2D eigenvalue weighted by Crippen LogP contribution is -2.50. The third-order valence-corrected chi connectivity index (χ3v) is 9.72. The summed E-state index contributed by atoms with van der Waals surface area (Å²) in [5, 5.41) is 0. The third-order valence-electron chi connectivity index (χ3n) is 9.72. The second-order valence-corrected chi connectivity index (χ2v) is 11.5. The third kappa shape index (κ3) is 3.36. The van der Waals surface area contributed by atoms with Gasteiger partial charge in [-0.15, -0.1) is 0 Å². The van der Waals surface area contributed by atoms with Gasteiger partial charge in [-0.25, -0.2) is 0 Å². The largest absolute Gasteiger partial charge is 0.299 e. The highest BCUT2D eigenvalue weighted by atomic mass is 16.1. The van der Waals surface area contributed by atoms with Gasteiger partial charge in [0.05, 0.1) is 0 Å². The summed E-state index contributed by atoms with van der Waals surface area (Å²) in [6.07, 6.45) is 18.1. The first kappa shape index (κ1) is 19.7. The minimum Gasteiger partial charge on any atom is -0.299 e. The van der Waals surface area contributed by atoms with Crippen LogP contribution >= 0.6 is 0 Å². The topological polar surface area (TPSA) is 17.1 Å². The molecule has 1 nitrogen and oxygen atoms in total. The first-order valence-corrected chi connectivity index (χ1v) is 12.1. The van der Waals surface area contributed by atoms with Crippen LogP contribution in [0.4, 0.5) is 0 Å². The van der Waals surface area contributed by atoms with E-state index in [1.165, 1.54) is 63.4 Å². The van der Waals surface area contributed by atoms with Crippen LogP contribution in [0.15, 0.2) is 11.6 Å². The number of carbonyl (C=O) groups is 1. The van der Waals surface area contributed by atoms with Crippen molar-refractivity contribution in [2.24, 2.45) is 40.4 Å². The van der Waals surface area contributed by atoms with Crippen molar-refractivity contribution in [2.45, 2.75) is 105 Å². The molecule has 0 aromatic rings. The monoisotopic (exact) mass is 370 g/mol. The highest BCUT2D eigenvalue weighted by Gasteiger charge is 2.58. The summed E-state index contributed by atoms with van der Waals surface area (Å²) in [6.45, 7) is 9.90. The number of rotatable bonds is 5. The molecule has 6 unspecified atom stereocenters. The van der Waals surface area contributed by atoms with E-state index in [0.29, 0.717) is 16.6 Å². The molecule has 0 N–H and O–H groups in total. The van der Waals surface area contributed by atoms with Crippen LogP contribution in [-0.4, -0.2) is 5.78 Å². The number of hydrogen-bond donors (Lipinski definition) is 0. The van der Waals surface area contributed by atoms with E-state index in [1.807, 2.05) is 0 Å². The molecule has 0 spiro atoms. The summed E-state index contributed by atoms with van der Waals surface area (Å²) in [6, 6.07) is 0. The maximum atomic E-state index is 12.0. The summed E-state index contributed by atoms with van der Waals surface area (Å²) in [7, 11) is 0. The van der Waals surface area contributed by atoms with Crippen LogP contribution in [0.25, 0.3) is 0 Å². The van der Waals surface area contributed by atoms with Crippen molar-refractivity contribution in [3.63, 3.8) is 0 Å². The van der Waals surface area contributed by atoms with Gasteiger partial charge >= 0.3 is 0 Å². The van der Waals surface area contributed by atoms with Crippen LogP contribution in [0.1, 0.15) is 105 Å². The van der Waals surface area contributed by atoms with Gasteiger partial charge < -0.3 is 0 Å². The Labute approximate surface area is 167 Å². The number of ketones is 1. The van der Waals surface area contributed by atoms with Crippen LogP contribution in [-0.2, 0) is 4.79 Å². The van der Waals surface area contributed by atoms with E-state index in [9.17, 15) is 4.79 Å². The second-order valence-electron chi connectivity index (χ2n) is 11.5. The predicted molar refractivity (Wildman–Crippen MR) is 114 cm³/mol. The van der Waals surface area contributed by atoms with Crippen molar-refractivity contribution in [3.05, 3.63) is 11.6 Å². The second kappa shape index (κ2) is 7.34. The van der Waals surface area contributed by atoms with Gasteiger partial charge in [-0.1, -0.05) is 58.6 Å². The van der Waals surface area contributed by atoms with E-state index < -0.39 is 0 Å². The van der Waals surface area contributed by atoms with Gasteiger partial charge in [0.1, 0.15) is 5.78 Å². The Balaban J connectivity index is 1.46. The van der Waals surface area contributed by atoms with Crippen molar-refractivity contribution in [2.75, 3.05) is 0 Å². The average molecular weight is 371 g/mol. The van der Waals surface area contributed by atoms with Crippen LogP contribution in [0.3, 0.4) is 0 Å². The minimum atomic E-state index is 0.341. The minimum absolute atomic E-state index is 0.341. The number of fused-ring (bicyclic) bond motifs is 5. The van der Waals surface area contributed by atoms with Gasteiger partial charge in [0.15, 0.2) is 0 Å². The lowest BCUT2D eigenvalue weighted by atomic mass is 9.47. The normalized spacial score (nSPS) is 43.9. The van der Waals surface area contributed by atoms with E-state index in [0.717, 1.165) is 48.9 Å². The molecule has 152 valence electrons. The zero-order valence-electron chi connectivity index (χ0n) is 18.4. The zero-order chi connectivity index (χ0) is 19.2. The quantitative estimate of drug-likeness (QED) is 0.365. The molecule has 4 aliphatic rings. The van der Waals surface area contributed by atoms with E-state index in [4.69, 9.17) is 0 Å². The maximum Gasteiger partial charge on any atom is 0.136 e. The molecule has 0 aromatic carbocycles. The first-order valence-electron chi connectivity index (χ1n) is 12.1. The molecule has 0 heterocycles. The lowest BCUT2D eigenvalue weighted by molar-refractivity contribution is -0.122. The fourth-order valence-electron chi connectivity index (χ4n) is 8.00. The highest BCUT2D eigenvalue weighted by Crippen LogP contribution is 2.66. The van der Waals surface area contributed by atoms with Gasteiger partial charge in [0, 0.05) is 12.8 Å². The average Bonchev–Trinajstić information content (AvgIpc) is 2.96. The van der Waals surface area contributed by atoms with Crippen LogP contribution in [0, 0.1) is 40.4 Å². The molecule has 3 fully saturated rings. The SMILES string of the molecule is CC(C)CCCCC1CCC2C3CC=C4CC(=O)CCC4(C)C3CCC12C. The van der Waals surface area contributed by atoms with E-state index >= 15 is 0 Å². The summed E-state index contributed by atoms with van der Waals surface area (Å²) in [5.74, 6) is 5.01. The predicted octanol–water partition coefficient (Wildman–Crippen LogP) is 7.35. The zero-order valence-corrected chi connectivity index (χ0v) is 18.4. The van der Waals surface area contributed by atoms with Gasteiger partial charge in [-0.05, 0) is 85.4 Å². The summed E-state index contributed by atoms with van der Waals surface area (Å²) in [4.78, 5) is 12.0. The Morgan fingerprint density at radius 2 is 1.89 bits per heavy atom. The fourth-order valence-corrected chi connectivity index (χ4v) is 8.00. The number of carbonyl (C=O) groups excluding carboxylic acids is 1. The number of unbranched alkanes of at least 4 members (excludes halogenated alkanes) is 1. The van der Waals surface area contributed by atoms with Crippen LogP contribution in [0.2, 0.25) is 0 Å². The molecule has 0 saturated heterocycles. The van der Waals surface area contributed by atoms with Crippen molar-refractivity contribution in [1.29, 1.82) is 0 Å². The molecular weight excluding hydrogens is 328 g/mol. The molecule has 0 aromatic heterocycles.